The number of benzene rings is 1. The third-order valence-corrected chi connectivity index (χ3v) is 3.91. The van der Waals surface area contributed by atoms with E-state index in [2.05, 4.69) is 9.68 Å². The van der Waals surface area contributed by atoms with Gasteiger partial charge < -0.3 is 9.64 Å². The van der Waals surface area contributed by atoms with E-state index in [-0.39, 0.29) is 30.1 Å². The van der Waals surface area contributed by atoms with Gasteiger partial charge in [0.05, 0.1) is 17.6 Å². The maximum atomic E-state index is 12.4. The van der Waals surface area contributed by atoms with E-state index in [4.69, 9.17) is 4.74 Å². The molecule has 0 saturated carbocycles. The molecule has 0 N–H and O–H groups in total. The van der Waals surface area contributed by atoms with Crippen molar-refractivity contribution in [3.8, 4) is 11.4 Å². The van der Waals surface area contributed by atoms with Crippen molar-refractivity contribution >= 4 is 11.6 Å². The van der Waals surface area contributed by atoms with Crippen LogP contribution < -0.4 is 5.76 Å². The molecule has 1 aliphatic rings. The SMILES string of the molecule is C[C@@H]1CN(C(=O)Cn2c(-c3ccc([N+](=O)[O-])cc3)noc2=O)CCO1. The van der Waals surface area contributed by atoms with Crippen LogP contribution in [0, 0.1) is 10.1 Å². The van der Waals surface area contributed by atoms with Crippen LogP contribution in [0.4, 0.5) is 5.69 Å². The lowest BCUT2D eigenvalue weighted by Crippen LogP contribution is -2.46. The molecule has 10 nitrogen and oxygen atoms in total. The minimum atomic E-state index is -0.761. The standard InChI is InChI=1S/C15H16N4O6/c1-10-8-17(6-7-24-10)13(20)9-18-14(16-25-15(18)21)11-2-4-12(5-3-11)19(22)23/h2-5,10H,6-9H2,1H3/t10-/m1/s1. The fourth-order valence-electron chi connectivity index (χ4n) is 2.63. The molecule has 0 aliphatic carbocycles. The number of nitrogens with zero attached hydrogens (tertiary/aromatic N) is 4. The van der Waals surface area contributed by atoms with E-state index >= 15 is 0 Å². The predicted octanol–water partition coefficient (Wildman–Crippen LogP) is 0.659. The van der Waals surface area contributed by atoms with Crippen LogP contribution in [0.2, 0.25) is 0 Å². The largest absolute Gasteiger partial charge is 0.442 e. The molecule has 10 heteroatoms. The lowest BCUT2D eigenvalue weighted by Gasteiger charge is -2.31. The molecular weight excluding hydrogens is 332 g/mol. The van der Waals surface area contributed by atoms with E-state index in [9.17, 15) is 19.7 Å². The summed E-state index contributed by atoms with van der Waals surface area (Å²) in [6.07, 6.45) is -0.0639. The zero-order valence-corrected chi connectivity index (χ0v) is 13.5. The number of hydrogen-bond acceptors (Lipinski definition) is 7. The molecule has 0 bridgehead atoms. The number of hydrogen-bond donors (Lipinski definition) is 0. The third-order valence-electron chi connectivity index (χ3n) is 3.91. The van der Waals surface area contributed by atoms with Crippen molar-refractivity contribution in [2.75, 3.05) is 19.7 Å². The molecule has 1 atom stereocenters. The Kier molecular flexibility index (Phi) is 4.61. The smallest absolute Gasteiger partial charge is 0.375 e. The topological polar surface area (TPSA) is 121 Å². The summed E-state index contributed by atoms with van der Waals surface area (Å²) in [4.78, 5) is 36.2. The molecule has 1 amide bonds. The van der Waals surface area contributed by atoms with Gasteiger partial charge in [0.15, 0.2) is 5.82 Å². The number of morpholine rings is 1. The molecule has 0 radical (unpaired) electrons. The highest BCUT2D eigenvalue weighted by Gasteiger charge is 2.24. The Morgan fingerprint density at radius 1 is 1.40 bits per heavy atom. The summed E-state index contributed by atoms with van der Waals surface area (Å²) < 4.78 is 11.2. The molecule has 0 spiro atoms. The van der Waals surface area contributed by atoms with E-state index < -0.39 is 10.7 Å². The van der Waals surface area contributed by atoms with Crippen LogP contribution in [0.5, 0.6) is 0 Å². The van der Waals surface area contributed by atoms with Crippen LogP contribution in [0.15, 0.2) is 33.6 Å². The molecule has 3 rings (SSSR count). The van der Waals surface area contributed by atoms with E-state index in [1.165, 1.54) is 24.3 Å². The fourth-order valence-corrected chi connectivity index (χ4v) is 2.63. The van der Waals surface area contributed by atoms with Crippen molar-refractivity contribution in [2.45, 2.75) is 19.6 Å². The summed E-state index contributed by atoms with van der Waals surface area (Å²) >= 11 is 0. The molecule has 2 aromatic rings. The van der Waals surface area contributed by atoms with Gasteiger partial charge >= 0.3 is 5.76 Å². The minimum absolute atomic E-state index is 0.0639. The van der Waals surface area contributed by atoms with E-state index in [1.807, 2.05) is 6.92 Å². The number of rotatable bonds is 4. The average Bonchev–Trinajstić information content (AvgIpc) is 2.95. The highest BCUT2D eigenvalue weighted by atomic mass is 16.6. The summed E-state index contributed by atoms with van der Waals surface area (Å²) in [6.45, 7) is 3.00. The van der Waals surface area contributed by atoms with Crippen LogP contribution in [-0.2, 0) is 16.1 Å². The first kappa shape index (κ1) is 16.8. The van der Waals surface area contributed by atoms with E-state index in [1.54, 1.807) is 4.90 Å². The molecule has 1 aliphatic heterocycles. The van der Waals surface area contributed by atoms with Crippen molar-refractivity contribution in [3.05, 3.63) is 44.9 Å². The lowest BCUT2D eigenvalue weighted by atomic mass is 10.2. The van der Waals surface area contributed by atoms with Crippen LogP contribution in [0.1, 0.15) is 6.92 Å². The Labute approximate surface area is 141 Å². The van der Waals surface area contributed by atoms with Crippen molar-refractivity contribution in [3.63, 3.8) is 0 Å². The summed E-state index contributed by atoms with van der Waals surface area (Å²) in [5, 5.41) is 14.4. The highest BCUT2D eigenvalue weighted by Crippen LogP contribution is 2.20. The monoisotopic (exact) mass is 348 g/mol. The molecule has 1 aromatic heterocycles. The first-order chi connectivity index (χ1) is 12.0. The fraction of sp³-hybridized carbons (Fsp3) is 0.400. The van der Waals surface area contributed by atoms with E-state index in [0.29, 0.717) is 25.3 Å². The van der Waals surface area contributed by atoms with Gasteiger partial charge in [0.2, 0.25) is 5.91 Å². The number of aromatic nitrogens is 2. The highest BCUT2D eigenvalue weighted by molar-refractivity contribution is 5.76. The first-order valence-corrected chi connectivity index (χ1v) is 7.66. The molecule has 1 fully saturated rings. The van der Waals surface area contributed by atoms with Gasteiger partial charge in [-0.05, 0) is 19.1 Å². The average molecular weight is 348 g/mol. The van der Waals surface area contributed by atoms with Crippen molar-refractivity contribution in [2.24, 2.45) is 0 Å². The number of nitro benzene ring substituents is 1. The van der Waals surface area contributed by atoms with Gasteiger partial charge in [-0.25, -0.2) is 9.36 Å². The van der Waals surface area contributed by atoms with Gasteiger partial charge in [-0.1, -0.05) is 5.16 Å². The number of non-ortho nitro benzene ring substituents is 1. The number of ether oxygens (including phenoxy) is 1. The van der Waals surface area contributed by atoms with Crippen molar-refractivity contribution in [1.29, 1.82) is 0 Å². The number of nitro groups is 1. The Morgan fingerprint density at radius 2 is 2.12 bits per heavy atom. The van der Waals surface area contributed by atoms with Crippen LogP contribution in [0.25, 0.3) is 11.4 Å². The third kappa shape index (κ3) is 3.58. The second-order valence-corrected chi connectivity index (χ2v) is 5.68. The number of carbonyl (C=O) groups is 1. The van der Waals surface area contributed by atoms with Gasteiger partial charge in [0.1, 0.15) is 6.54 Å². The van der Waals surface area contributed by atoms with Crippen LogP contribution in [-0.4, -0.2) is 51.3 Å². The predicted molar refractivity (Wildman–Crippen MR) is 84.8 cm³/mol. The minimum Gasteiger partial charge on any atom is -0.375 e. The summed E-state index contributed by atoms with van der Waals surface area (Å²) in [6, 6.07) is 5.50. The Hall–Kier alpha value is -3.01. The van der Waals surface area contributed by atoms with Crippen molar-refractivity contribution in [1.82, 2.24) is 14.6 Å². The van der Waals surface area contributed by atoms with E-state index in [0.717, 1.165) is 4.57 Å². The van der Waals surface area contributed by atoms with Crippen LogP contribution >= 0.6 is 0 Å². The Balaban J connectivity index is 1.83. The second-order valence-electron chi connectivity index (χ2n) is 5.68. The summed E-state index contributed by atoms with van der Waals surface area (Å²) in [5.74, 6) is -0.860. The summed E-state index contributed by atoms with van der Waals surface area (Å²) in [7, 11) is 0. The summed E-state index contributed by atoms with van der Waals surface area (Å²) in [5.41, 5.74) is 0.360. The molecule has 25 heavy (non-hydrogen) atoms. The molecule has 2 heterocycles. The first-order valence-electron chi connectivity index (χ1n) is 7.66. The van der Waals surface area contributed by atoms with Gasteiger partial charge in [0.25, 0.3) is 5.69 Å². The molecule has 132 valence electrons. The number of amides is 1. The van der Waals surface area contributed by atoms with Gasteiger partial charge in [-0.2, -0.15) is 0 Å². The molecular formula is C15H16N4O6. The lowest BCUT2D eigenvalue weighted by molar-refractivity contribution is -0.384. The van der Waals surface area contributed by atoms with Gasteiger partial charge in [-0.3, -0.25) is 19.4 Å². The molecule has 1 aromatic carbocycles. The zero-order valence-electron chi connectivity index (χ0n) is 13.5. The Bertz CT molecular complexity index is 840. The Morgan fingerprint density at radius 3 is 2.76 bits per heavy atom. The number of carbonyl (C=O) groups excluding carboxylic acids is 1. The molecule has 0 unspecified atom stereocenters. The van der Waals surface area contributed by atoms with Crippen molar-refractivity contribution < 1.29 is 19.0 Å². The maximum absolute atomic E-state index is 12.4. The zero-order chi connectivity index (χ0) is 18.0. The maximum Gasteiger partial charge on any atom is 0.442 e. The van der Waals surface area contributed by atoms with Crippen LogP contribution in [0.3, 0.4) is 0 Å². The molecule has 1 saturated heterocycles. The normalized spacial score (nSPS) is 17.5. The van der Waals surface area contributed by atoms with Gasteiger partial charge in [-0.15, -0.1) is 0 Å². The quantitative estimate of drug-likeness (QED) is 0.588. The second kappa shape index (κ2) is 6.85. The van der Waals surface area contributed by atoms with Gasteiger partial charge in [0, 0.05) is 30.8 Å².